The molecule has 0 aromatic carbocycles. The quantitative estimate of drug-likeness (QED) is 0.381. The van der Waals surface area contributed by atoms with E-state index in [0.717, 1.165) is 22.1 Å². The summed E-state index contributed by atoms with van der Waals surface area (Å²) in [6.45, 7) is 1.04. The highest BCUT2D eigenvalue weighted by Gasteiger charge is 2.64. The minimum absolute atomic E-state index is 0.264. The molecule has 1 saturated heterocycles. The lowest BCUT2D eigenvalue weighted by Gasteiger charge is -2.38. The van der Waals surface area contributed by atoms with Crippen LogP contribution in [0.4, 0.5) is 36.6 Å². The van der Waals surface area contributed by atoms with Crippen molar-refractivity contribution in [3.8, 4) is 0 Å². The zero-order chi connectivity index (χ0) is 26.5. The predicted molar refractivity (Wildman–Crippen MR) is 110 cm³/mol. The van der Waals surface area contributed by atoms with Gasteiger partial charge in [-0.3, -0.25) is 9.78 Å². The minimum Gasteiger partial charge on any atom is -0.394 e. The number of amides is 1. The van der Waals surface area contributed by atoms with Crippen molar-refractivity contribution < 1.29 is 40.6 Å². The molecule has 0 spiro atoms. The lowest BCUT2D eigenvalue weighted by molar-refractivity contribution is -0.275. The number of hydrogen-bond acceptors (Lipinski definition) is 6. The zero-order valence-electron chi connectivity index (χ0n) is 18.5. The summed E-state index contributed by atoms with van der Waals surface area (Å²) in [4.78, 5) is 22.1. The summed E-state index contributed by atoms with van der Waals surface area (Å²) in [5, 5.41) is 15.1. The number of anilines is 1. The normalized spacial score (nSPS) is 22.3. The molecule has 1 amide bonds. The Morgan fingerprint density at radius 1 is 1.31 bits per heavy atom. The van der Waals surface area contributed by atoms with Gasteiger partial charge in [0.15, 0.2) is 11.5 Å². The average molecular weight is 520 g/mol. The average Bonchev–Trinajstić information content (AvgIpc) is 3.36. The molecule has 1 aliphatic rings. The molecule has 0 unspecified atom stereocenters. The molecule has 8 nitrogen and oxygen atoms in total. The van der Waals surface area contributed by atoms with Crippen LogP contribution in [0.5, 0.6) is 0 Å². The van der Waals surface area contributed by atoms with Crippen molar-refractivity contribution in [2.45, 2.75) is 49.7 Å². The largest absolute Gasteiger partial charge is 0.447 e. The van der Waals surface area contributed by atoms with Crippen molar-refractivity contribution in [2.24, 2.45) is 0 Å². The Kier molecular flexibility index (Phi) is 6.31. The van der Waals surface area contributed by atoms with Gasteiger partial charge in [0.05, 0.1) is 24.4 Å². The molecule has 1 aliphatic heterocycles. The van der Waals surface area contributed by atoms with Crippen molar-refractivity contribution in [2.75, 3.05) is 11.5 Å². The van der Waals surface area contributed by atoms with E-state index in [2.05, 4.69) is 15.1 Å². The third kappa shape index (κ3) is 4.10. The molecule has 4 heterocycles. The topological polar surface area (TPSA) is 95.7 Å². The maximum atomic E-state index is 14.4. The number of fused-ring (bicyclic) bond motifs is 1. The van der Waals surface area contributed by atoms with Gasteiger partial charge in [-0.1, -0.05) is 0 Å². The molecule has 4 rings (SSSR count). The van der Waals surface area contributed by atoms with E-state index >= 15 is 0 Å². The number of aliphatic hydroxyl groups is 1. The fraction of sp³-hybridized carbons (Fsp3) is 0.429. The van der Waals surface area contributed by atoms with Crippen LogP contribution >= 0.6 is 0 Å². The second-order valence-electron chi connectivity index (χ2n) is 8.57. The van der Waals surface area contributed by atoms with Crippen molar-refractivity contribution in [3.05, 3.63) is 53.9 Å². The molecule has 194 valence electrons. The number of carbonyl (C=O) groups excluding carboxylic acids is 1. The molecule has 3 aromatic heterocycles. The van der Waals surface area contributed by atoms with Gasteiger partial charge in [-0.25, -0.2) is 27.1 Å². The van der Waals surface area contributed by atoms with Crippen LogP contribution in [0.15, 0.2) is 36.9 Å². The molecule has 3 atom stereocenters. The first-order valence-electron chi connectivity index (χ1n) is 10.5. The van der Waals surface area contributed by atoms with Gasteiger partial charge in [-0.2, -0.15) is 13.2 Å². The number of alkyl halides is 6. The Labute approximate surface area is 198 Å². The van der Waals surface area contributed by atoms with Crippen LogP contribution in [0.3, 0.4) is 0 Å². The van der Waals surface area contributed by atoms with Gasteiger partial charge in [-0.05, 0) is 37.5 Å². The van der Waals surface area contributed by atoms with Crippen molar-refractivity contribution >= 4 is 17.4 Å². The van der Waals surface area contributed by atoms with Crippen LogP contribution in [0.1, 0.15) is 41.7 Å². The van der Waals surface area contributed by atoms with Gasteiger partial charge in [-0.15, -0.1) is 5.10 Å². The van der Waals surface area contributed by atoms with Gasteiger partial charge in [0, 0.05) is 18.6 Å². The lowest BCUT2D eigenvalue weighted by atomic mass is 10.00. The van der Waals surface area contributed by atoms with Crippen LogP contribution < -0.4 is 10.2 Å². The maximum absolute atomic E-state index is 14.4. The summed E-state index contributed by atoms with van der Waals surface area (Å²) in [6.07, 6.45) is -5.52. The van der Waals surface area contributed by atoms with Gasteiger partial charge in [0.1, 0.15) is 11.4 Å². The molecule has 0 saturated carbocycles. The number of carbonyl (C=O) groups is 1. The number of nitrogens with one attached hydrogen (secondary N) is 1. The Balaban J connectivity index is 1.90. The third-order valence-electron chi connectivity index (χ3n) is 6.14. The smallest absolute Gasteiger partial charge is 0.394 e. The van der Waals surface area contributed by atoms with Crippen LogP contribution in [0.2, 0.25) is 0 Å². The van der Waals surface area contributed by atoms with E-state index in [1.165, 1.54) is 29.6 Å². The van der Waals surface area contributed by atoms with E-state index in [1.807, 2.05) is 0 Å². The highest BCUT2D eigenvalue weighted by molar-refractivity contribution is 6.05. The highest BCUT2D eigenvalue weighted by atomic mass is 19.4. The number of rotatable bonds is 6. The number of hydrogen-bond donors (Lipinski definition) is 2. The fourth-order valence-electron chi connectivity index (χ4n) is 4.28. The van der Waals surface area contributed by atoms with E-state index in [9.17, 15) is 40.6 Å². The van der Waals surface area contributed by atoms with Crippen LogP contribution in [0.25, 0.3) is 5.65 Å². The van der Waals surface area contributed by atoms with E-state index in [0.29, 0.717) is 5.56 Å². The summed E-state index contributed by atoms with van der Waals surface area (Å²) in [5.74, 6) is -8.28. The number of nitrogens with zero attached hydrogens (tertiary/aromatic N) is 5. The molecule has 36 heavy (non-hydrogen) atoms. The van der Waals surface area contributed by atoms with Crippen LogP contribution in [-0.4, -0.2) is 61.1 Å². The summed E-state index contributed by atoms with van der Waals surface area (Å²) in [5.41, 5.74) is -1.97. The maximum Gasteiger partial charge on any atom is 0.447 e. The highest BCUT2D eigenvalue weighted by Crippen LogP contribution is 2.47. The second kappa shape index (κ2) is 8.87. The van der Waals surface area contributed by atoms with Gasteiger partial charge >= 0.3 is 12.0 Å². The van der Waals surface area contributed by atoms with Crippen molar-refractivity contribution in [1.29, 1.82) is 0 Å². The molecule has 0 radical (unpaired) electrons. The zero-order valence-corrected chi connectivity index (χ0v) is 18.5. The van der Waals surface area contributed by atoms with Crippen molar-refractivity contribution in [3.63, 3.8) is 0 Å². The van der Waals surface area contributed by atoms with Gasteiger partial charge < -0.3 is 15.3 Å². The van der Waals surface area contributed by atoms with E-state index < -0.39 is 53.9 Å². The molecule has 15 heteroatoms. The summed E-state index contributed by atoms with van der Waals surface area (Å²) in [7, 11) is 0. The minimum atomic E-state index is -6.14. The first-order valence-corrected chi connectivity index (χ1v) is 10.5. The molecule has 2 N–H and O–H groups in total. The lowest BCUT2D eigenvalue weighted by Crippen LogP contribution is -2.60. The number of halogens is 7. The predicted octanol–water partition coefficient (Wildman–Crippen LogP) is 3.58. The Morgan fingerprint density at radius 2 is 2.03 bits per heavy atom. The number of aromatic nitrogens is 4. The Morgan fingerprint density at radius 3 is 2.64 bits per heavy atom. The van der Waals surface area contributed by atoms with E-state index in [-0.39, 0.29) is 24.3 Å². The molecule has 0 aliphatic carbocycles. The summed E-state index contributed by atoms with van der Waals surface area (Å²) < 4.78 is 95.2. The monoisotopic (exact) mass is 520 g/mol. The molecule has 1 fully saturated rings. The SMILES string of the molecule is C[C@@]1(CO)CC[C@H](c2cncc(F)c2)N1c1nn2cccnc2c1C(=O)N[C@](F)(C(F)F)C(F)(F)F. The molecular weight excluding hydrogens is 501 g/mol. The first-order chi connectivity index (χ1) is 16.8. The van der Waals surface area contributed by atoms with Crippen molar-refractivity contribution in [1.82, 2.24) is 24.9 Å². The number of pyridine rings is 1. The fourth-order valence-corrected chi connectivity index (χ4v) is 4.28. The Bertz CT molecular complexity index is 1290. The molecular formula is C21H19F7N6O2. The second-order valence-corrected chi connectivity index (χ2v) is 8.57. The van der Waals surface area contributed by atoms with Gasteiger partial charge in [0.25, 0.3) is 12.3 Å². The Hall–Kier alpha value is -3.49. The van der Waals surface area contributed by atoms with Crippen LogP contribution in [0, 0.1) is 5.82 Å². The summed E-state index contributed by atoms with van der Waals surface area (Å²) in [6, 6.07) is 1.74. The van der Waals surface area contributed by atoms with Crippen LogP contribution in [-0.2, 0) is 0 Å². The standard InChI is InChI=1S/C21H19F7N6O2/c1-19(10-35)4-3-13(11-7-12(22)9-29-8-11)34(19)16-14(15-30-5-2-6-33(15)32-16)17(36)31-20(25,18(23)24)21(26,27)28/h2,5-9,13,18,35H,3-4,10H2,1H3,(H,31,36)/t13-,19+,20-/m1/s1. The van der Waals surface area contributed by atoms with E-state index in [4.69, 9.17) is 0 Å². The number of aliphatic hydroxyl groups excluding tert-OH is 1. The third-order valence-corrected chi connectivity index (χ3v) is 6.14. The molecule has 3 aromatic rings. The molecule has 0 bridgehead atoms. The summed E-state index contributed by atoms with van der Waals surface area (Å²) >= 11 is 0. The van der Waals surface area contributed by atoms with E-state index in [1.54, 1.807) is 6.92 Å². The van der Waals surface area contributed by atoms with Gasteiger partial charge in [0.2, 0.25) is 0 Å². The first kappa shape index (κ1) is 25.6.